The Bertz CT molecular complexity index is 686. The Hall–Kier alpha value is -2.25. The number of ether oxygens (including phenoxy) is 2. The van der Waals surface area contributed by atoms with Crippen LogP contribution in [-0.4, -0.2) is 45.9 Å². The van der Waals surface area contributed by atoms with E-state index < -0.39 is 5.97 Å². The molecule has 0 N–H and O–H groups in total. The van der Waals surface area contributed by atoms with E-state index >= 15 is 0 Å². The molecular formula is C18H25N3O5. The second kappa shape index (κ2) is 7.97. The third kappa shape index (κ3) is 3.94. The zero-order valence-electron chi connectivity index (χ0n) is 15.2. The molecule has 3 rings (SSSR count). The first-order valence-corrected chi connectivity index (χ1v) is 9.22. The summed E-state index contributed by atoms with van der Waals surface area (Å²) < 4.78 is 12.1. The lowest BCUT2D eigenvalue weighted by Gasteiger charge is -2.33. The highest BCUT2D eigenvalue weighted by Gasteiger charge is 2.37. The Morgan fingerprint density at radius 1 is 1.23 bits per heavy atom. The Balaban J connectivity index is 1.69. The van der Waals surface area contributed by atoms with E-state index in [-0.39, 0.29) is 41.4 Å². The lowest BCUT2D eigenvalue weighted by Crippen LogP contribution is -2.37. The summed E-state index contributed by atoms with van der Waals surface area (Å²) in [6.45, 7) is 1.93. The second-order valence-electron chi connectivity index (χ2n) is 7.27. The molecule has 8 heteroatoms. The van der Waals surface area contributed by atoms with Crippen molar-refractivity contribution in [3.8, 4) is 0 Å². The molecule has 0 radical (unpaired) electrons. The van der Waals surface area contributed by atoms with E-state index in [0.717, 1.165) is 25.7 Å². The maximum Gasteiger partial charge on any atom is 0.360 e. The number of rotatable bonds is 4. The van der Waals surface area contributed by atoms with Crippen LogP contribution in [0.1, 0.15) is 68.4 Å². The van der Waals surface area contributed by atoms with Crippen LogP contribution < -0.4 is 0 Å². The van der Waals surface area contributed by atoms with Gasteiger partial charge in [-0.15, -0.1) is 5.10 Å². The number of nitrogens with zero attached hydrogens (tertiary/aromatic N) is 3. The fraction of sp³-hybridized carbons (Fsp3) is 0.722. The van der Waals surface area contributed by atoms with Crippen LogP contribution in [-0.2, 0) is 19.1 Å². The van der Waals surface area contributed by atoms with Crippen LogP contribution in [0.5, 0.6) is 0 Å². The minimum absolute atomic E-state index is 0.0167. The fourth-order valence-corrected chi connectivity index (χ4v) is 3.95. The Kier molecular flexibility index (Phi) is 5.68. The van der Waals surface area contributed by atoms with E-state index in [1.54, 1.807) is 10.9 Å². The second-order valence-corrected chi connectivity index (χ2v) is 7.27. The molecule has 2 fully saturated rings. The number of hydrogen-bond donors (Lipinski definition) is 0. The summed E-state index contributed by atoms with van der Waals surface area (Å²) in [5, 5.41) is 7.88. The molecule has 0 unspecified atom stereocenters. The predicted molar refractivity (Wildman–Crippen MR) is 90.3 cm³/mol. The van der Waals surface area contributed by atoms with Gasteiger partial charge in [-0.2, -0.15) is 0 Å². The van der Waals surface area contributed by atoms with Crippen molar-refractivity contribution in [1.29, 1.82) is 0 Å². The third-order valence-electron chi connectivity index (χ3n) is 5.45. The Morgan fingerprint density at radius 3 is 2.73 bits per heavy atom. The zero-order chi connectivity index (χ0) is 18.7. The van der Waals surface area contributed by atoms with Crippen LogP contribution in [0.4, 0.5) is 0 Å². The predicted octanol–water partition coefficient (Wildman–Crippen LogP) is 2.10. The fourth-order valence-electron chi connectivity index (χ4n) is 3.95. The summed E-state index contributed by atoms with van der Waals surface area (Å²) in [7, 11) is 1.29. The van der Waals surface area contributed by atoms with Gasteiger partial charge in [-0.25, -0.2) is 9.48 Å². The van der Waals surface area contributed by atoms with Crippen molar-refractivity contribution in [3.63, 3.8) is 0 Å². The van der Waals surface area contributed by atoms with Gasteiger partial charge in [-0.3, -0.25) is 9.59 Å². The van der Waals surface area contributed by atoms with Gasteiger partial charge in [0.15, 0.2) is 5.69 Å². The van der Waals surface area contributed by atoms with Gasteiger partial charge in [0.25, 0.3) is 0 Å². The molecule has 0 spiro atoms. The highest BCUT2D eigenvalue weighted by Crippen LogP contribution is 2.34. The first kappa shape index (κ1) is 18.5. The van der Waals surface area contributed by atoms with Gasteiger partial charge >= 0.3 is 11.9 Å². The van der Waals surface area contributed by atoms with Crippen molar-refractivity contribution in [1.82, 2.24) is 15.0 Å². The van der Waals surface area contributed by atoms with Crippen LogP contribution in [0.3, 0.4) is 0 Å². The van der Waals surface area contributed by atoms with E-state index in [2.05, 4.69) is 15.0 Å². The number of ketones is 1. The highest BCUT2D eigenvalue weighted by molar-refractivity contribution is 5.86. The lowest BCUT2D eigenvalue weighted by atomic mass is 9.80. The largest absolute Gasteiger partial charge is 0.464 e. The molecule has 1 aromatic rings. The van der Waals surface area contributed by atoms with E-state index in [1.807, 2.05) is 6.92 Å². The SMILES string of the molecule is COC(=O)c1cn([C@@H]2CCCC[C@H]2OC(=O)[C@@H]2CCC(=O)C[C@H]2C)nn1. The van der Waals surface area contributed by atoms with Crippen LogP contribution >= 0.6 is 0 Å². The number of carbonyl (C=O) groups excluding carboxylic acids is 3. The highest BCUT2D eigenvalue weighted by atomic mass is 16.5. The normalized spacial score (nSPS) is 29.2. The number of methoxy groups -OCH3 is 1. The molecule has 0 aromatic carbocycles. The molecule has 1 heterocycles. The number of esters is 2. The van der Waals surface area contributed by atoms with Crippen molar-refractivity contribution in [2.24, 2.45) is 11.8 Å². The smallest absolute Gasteiger partial charge is 0.360 e. The molecule has 4 atom stereocenters. The average Bonchev–Trinajstić information content (AvgIpc) is 3.11. The quantitative estimate of drug-likeness (QED) is 0.755. The molecule has 8 nitrogen and oxygen atoms in total. The van der Waals surface area contributed by atoms with Crippen molar-refractivity contribution in [2.75, 3.05) is 7.11 Å². The van der Waals surface area contributed by atoms with Crippen LogP contribution in [0.15, 0.2) is 6.20 Å². The van der Waals surface area contributed by atoms with Crippen molar-refractivity contribution in [2.45, 2.75) is 64.0 Å². The van der Waals surface area contributed by atoms with E-state index in [9.17, 15) is 14.4 Å². The van der Waals surface area contributed by atoms with Gasteiger partial charge < -0.3 is 9.47 Å². The van der Waals surface area contributed by atoms with E-state index in [4.69, 9.17) is 4.74 Å². The van der Waals surface area contributed by atoms with Crippen molar-refractivity contribution in [3.05, 3.63) is 11.9 Å². The van der Waals surface area contributed by atoms with Crippen molar-refractivity contribution < 1.29 is 23.9 Å². The Morgan fingerprint density at radius 2 is 2.00 bits per heavy atom. The maximum atomic E-state index is 12.7. The van der Waals surface area contributed by atoms with Gasteiger partial charge in [0, 0.05) is 12.8 Å². The monoisotopic (exact) mass is 363 g/mol. The minimum atomic E-state index is -0.540. The summed E-state index contributed by atoms with van der Waals surface area (Å²) in [6, 6.07) is -0.140. The van der Waals surface area contributed by atoms with Crippen molar-refractivity contribution >= 4 is 17.7 Å². The van der Waals surface area contributed by atoms with Crippen LogP contribution in [0, 0.1) is 11.8 Å². The van der Waals surface area contributed by atoms with Gasteiger partial charge in [-0.05, 0) is 31.6 Å². The first-order chi connectivity index (χ1) is 12.5. The topological polar surface area (TPSA) is 100 Å². The summed E-state index contributed by atoms with van der Waals surface area (Å²) in [4.78, 5) is 35.8. The number of aromatic nitrogens is 3. The lowest BCUT2D eigenvalue weighted by molar-refractivity contribution is -0.161. The molecule has 2 aliphatic carbocycles. The summed E-state index contributed by atoms with van der Waals surface area (Å²) >= 11 is 0. The third-order valence-corrected chi connectivity index (χ3v) is 5.45. The average molecular weight is 363 g/mol. The molecule has 0 saturated heterocycles. The van der Waals surface area contributed by atoms with Gasteiger partial charge in [0.05, 0.1) is 25.3 Å². The number of Topliss-reactive ketones (excluding diaryl/α,β-unsaturated/α-hetero) is 1. The molecule has 0 bridgehead atoms. The summed E-state index contributed by atoms with van der Waals surface area (Å²) in [5.41, 5.74) is 0.141. The van der Waals surface area contributed by atoms with Gasteiger partial charge in [0.1, 0.15) is 11.9 Å². The molecule has 2 saturated carbocycles. The van der Waals surface area contributed by atoms with E-state index in [0.29, 0.717) is 19.3 Å². The maximum absolute atomic E-state index is 12.7. The Labute approximate surface area is 152 Å². The first-order valence-electron chi connectivity index (χ1n) is 9.22. The summed E-state index contributed by atoms with van der Waals surface area (Å²) in [5.74, 6) is -0.758. The minimum Gasteiger partial charge on any atom is -0.464 e. The van der Waals surface area contributed by atoms with Crippen LogP contribution in [0.2, 0.25) is 0 Å². The number of carbonyl (C=O) groups is 3. The molecule has 1 aromatic heterocycles. The molecule has 2 aliphatic rings. The molecule has 0 aliphatic heterocycles. The molecule has 0 amide bonds. The molecule has 26 heavy (non-hydrogen) atoms. The van der Waals surface area contributed by atoms with Crippen LogP contribution in [0.25, 0.3) is 0 Å². The number of hydrogen-bond acceptors (Lipinski definition) is 7. The standard InChI is InChI=1S/C18H25N3O5/c1-11-9-12(22)7-8-13(11)17(23)26-16-6-4-3-5-15(16)21-10-14(19-20-21)18(24)25-2/h10-11,13,15-16H,3-9H2,1-2H3/t11-,13-,15-,16-/m1/s1. The molecular weight excluding hydrogens is 338 g/mol. The summed E-state index contributed by atoms with van der Waals surface area (Å²) in [6.07, 6.45) is 6.24. The van der Waals surface area contributed by atoms with Gasteiger partial charge in [-0.1, -0.05) is 18.6 Å². The van der Waals surface area contributed by atoms with E-state index in [1.165, 1.54) is 7.11 Å². The zero-order valence-corrected chi connectivity index (χ0v) is 15.2. The molecule has 142 valence electrons. The van der Waals surface area contributed by atoms with Gasteiger partial charge in [0.2, 0.25) is 0 Å².